The summed E-state index contributed by atoms with van der Waals surface area (Å²) in [5.74, 6) is 0.628. The Bertz CT molecular complexity index is 372. The Kier molecular flexibility index (Phi) is 4.54. The van der Waals surface area contributed by atoms with E-state index in [4.69, 9.17) is 4.74 Å². The van der Waals surface area contributed by atoms with Crippen LogP contribution in [-0.2, 0) is 11.8 Å². The van der Waals surface area contributed by atoms with E-state index in [1.54, 1.807) is 24.0 Å². The van der Waals surface area contributed by atoms with Gasteiger partial charge in [0, 0.05) is 13.1 Å². The molecule has 0 aliphatic rings. The Morgan fingerprint density at radius 1 is 1.59 bits per heavy atom. The van der Waals surface area contributed by atoms with E-state index in [0.29, 0.717) is 12.4 Å². The lowest BCUT2D eigenvalue weighted by Crippen LogP contribution is -2.24. The molecule has 0 aromatic carbocycles. The largest absolute Gasteiger partial charge is 0.449 e. The van der Waals surface area contributed by atoms with Gasteiger partial charge in [-0.3, -0.25) is 10.00 Å². The average Bonchev–Trinajstić information content (AvgIpc) is 2.62. The second-order valence-electron chi connectivity index (χ2n) is 4.96. The Morgan fingerprint density at radius 3 is 2.82 bits per heavy atom. The molecule has 0 unspecified atom stereocenters. The van der Waals surface area contributed by atoms with E-state index in [-0.39, 0.29) is 5.41 Å². The highest BCUT2D eigenvalue weighted by molar-refractivity contribution is 5.83. The number of amides is 1. The summed E-state index contributed by atoms with van der Waals surface area (Å²) in [5.41, 5.74) is 0.0263. The van der Waals surface area contributed by atoms with Gasteiger partial charge in [0.25, 0.3) is 0 Å². The maximum absolute atomic E-state index is 11.5. The van der Waals surface area contributed by atoms with Gasteiger partial charge >= 0.3 is 6.09 Å². The number of anilines is 1. The summed E-state index contributed by atoms with van der Waals surface area (Å²) in [7, 11) is 1.76. The third kappa shape index (κ3) is 4.46. The van der Waals surface area contributed by atoms with E-state index in [1.165, 1.54) is 0 Å². The summed E-state index contributed by atoms with van der Waals surface area (Å²) in [6, 6.07) is 1.72. The van der Waals surface area contributed by atoms with E-state index >= 15 is 0 Å². The molecule has 0 radical (unpaired) electrons. The fraction of sp³-hybridized carbons (Fsp3) is 0.667. The number of carbonyl (C=O) groups excluding carboxylic acids is 1. The van der Waals surface area contributed by atoms with Crippen LogP contribution in [-0.4, -0.2) is 22.5 Å². The molecule has 1 N–H and O–H groups in total. The highest BCUT2D eigenvalue weighted by atomic mass is 16.5. The zero-order valence-corrected chi connectivity index (χ0v) is 11.0. The lowest BCUT2D eigenvalue weighted by molar-refractivity contribution is 0.105. The molecule has 0 saturated heterocycles. The Labute approximate surface area is 102 Å². The monoisotopic (exact) mass is 239 g/mol. The summed E-state index contributed by atoms with van der Waals surface area (Å²) in [5, 5.41) is 6.60. The summed E-state index contributed by atoms with van der Waals surface area (Å²) in [4.78, 5) is 11.5. The Morgan fingerprint density at radius 2 is 2.29 bits per heavy atom. The van der Waals surface area contributed by atoms with Gasteiger partial charge in [-0.25, -0.2) is 4.79 Å². The molecule has 96 valence electrons. The number of carbonyl (C=O) groups is 1. The van der Waals surface area contributed by atoms with Crippen molar-refractivity contribution in [1.29, 1.82) is 0 Å². The topological polar surface area (TPSA) is 56.1 Å². The number of hydrogen-bond donors (Lipinski definition) is 1. The Hall–Kier alpha value is -1.52. The van der Waals surface area contributed by atoms with Crippen LogP contribution in [0.2, 0.25) is 0 Å². The van der Waals surface area contributed by atoms with E-state index in [9.17, 15) is 4.79 Å². The third-order valence-corrected chi connectivity index (χ3v) is 2.57. The van der Waals surface area contributed by atoms with Crippen LogP contribution in [0.3, 0.4) is 0 Å². The lowest BCUT2D eigenvalue weighted by Gasteiger charge is -2.23. The molecular weight excluding hydrogens is 218 g/mol. The summed E-state index contributed by atoms with van der Waals surface area (Å²) in [6.07, 6.45) is 3.31. The van der Waals surface area contributed by atoms with Gasteiger partial charge < -0.3 is 4.74 Å². The standard InChI is InChI=1S/C12H21N3O2/c1-5-7-12(2,3)9-17-11(16)14-10-6-8-13-15(10)4/h6,8H,5,7,9H2,1-4H3,(H,14,16). The van der Waals surface area contributed by atoms with Gasteiger partial charge in [0.2, 0.25) is 0 Å². The molecule has 0 bridgehead atoms. The zero-order chi connectivity index (χ0) is 12.9. The first-order chi connectivity index (χ1) is 7.94. The van der Waals surface area contributed by atoms with Gasteiger partial charge in [0.1, 0.15) is 5.82 Å². The first-order valence-corrected chi connectivity index (χ1v) is 5.86. The number of nitrogens with one attached hydrogen (secondary N) is 1. The lowest BCUT2D eigenvalue weighted by atomic mass is 9.89. The van der Waals surface area contributed by atoms with Gasteiger partial charge in [-0.2, -0.15) is 5.10 Å². The molecule has 5 heteroatoms. The Balaban J connectivity index is 2.38. The van der Waals surface area contributed by atoms with Crippen molar-refractivity contribution in [2.75, 3.05) is 11.9 Å². The molecule has 0 saturated carbocycles. The van der Waals surface area contributed by atoms with Crippen LogP contribution >= 0.6 is 0 Å². The normalized spacial score (nSPS) is 11.3. The molecule has 1 aromatic heterocycles. The molecule has 5 nitrogen and oxygen atoms in total. The molecular formula is C12H21N3O2. The minimum absolute atomic E-state index is 0.0263. The number of aromatic nitrogens is 2. The van der Waals surface area contributed by atoms with Gasteiger partial charge in [-0.1, -0.05) is 27.2 Å². The second kappa shape index (κ2) is 5.70. The van der Waals surface area contributed by atoms with Crippen LogP contribution in [0.25, 0.3) is 0 Å². The zero-order valence-electron chi connectivity index (χ0n) is 11.0. The molecule has 1 rings (SSSR count). The minimum Gasteiger partial charge on any atom is -0.449 e. The van der Waals surface area contributed by atoms with Crippen molar-refractivity contribution in [3.8, 4) is 0 Å². The molecule has 0 fully saturated rings. The van der Waals surface area contributed by atoms with Crippen LogP contribution in [0, 0.1) is 5.41 Å². The maximum atomic E-state index is 11.5. The van der Waals surface area contributed by atoms with Gasteiger partial charge in [-0.05, 0) is 11.8 Å². The predicted octanol–water partition coefficient (Wildman–Crippen LogP) is 2.79. The number of aryl methyl sites for hydroxylation is 1. The highest BCUT2D eigenvalue weighted by Crippen LogP contribution is 2.22. The van der Waals surface area contributed by atoms with Crippen LogP contribution in [0.15, 0.2) is 12.3 Å². The predicted molar refractivity (Wildman–Crippen MR) is 66.9 cm³/mol. The number of nitrogens with zero attached hydrogens (tertiary/aromatic N) is 2. The second-order valence-corrected chi connectivity index (χ2v) is 4.96. The van der Waals surface area contributed by atoms with Crippen LogP contribution in [0.4, 0.5) is 10.6 Å². The number of ether oxygens (including phenoxy) is 1. The van der Waals surface area contributed by atoms with Gasteiger partial charge in [-0.15, -0.1) is 0 Å². The molecule has 0 aliphatic heterocycles. The molecule has 0 aliphatic carbocycles. The first kappa shape index (κ1) is 13.5. The fourth-order valence-electron chi connectivity index (χ4n) is 1.65. The average molecular weight is 239 g/mol. The van der Waals surface area contributed by atoms with E-state index in [1.807, 2.05) is 0 Å². The molecule has 17 heavy (non-hydrogen) atoms. The summed E-state index contributed by atoms with van der Waals surface area (Å²) < 4.78 is 6.78. The van der Waals surface area contributed by atoms with Crippen molar-refractivity contribution in [2.45, 2.75) is 33.6 Å². The molecule has 1 amide bonds. The first-order valence-electron chi connectivity index (χ1n) is 5.86. The summed E-state index contributed by atoms with van der Waals surface area (Å²) >= 11 is 0. The SMILES string of the molecule is CCCC(C)(C)COC(=O)Nc1ccnn1C. The molecule has 1 heterocycles. The molecule has 1 aromatic rings. The van der Waals surface area contributed by atoms with Crippen molar-refractivity contribution in [3.63, 3.8) is 0 Å². The van der Waals surface area contributed by atoms with Crippen LogP contribution < -0.4 is 5.32 Å². The van der Waals surface area contributed by atoms with Crippen LogP contribution in [0.1, 0.15) is 33.6 Å². The van der Waals surface area contributed by atoms with Crippen molar-refractivity contribution < 1.29 is 9.53 Å². The maximum Gasteiger partial charge on any atom is 0.412 e. The third-order valence-electron chi connectivity index (χ3n) is 2.57. The molecule has 0 atom stereocenters. The van der Waals surface area contributed by atoms with E-state index in [2.05, 4.69) is 31.2 Å². The quantitative estimate of drug-likeness (QED) is 0.859. The van der Waals surface area contributed by atoms with Crippen LogP contribution in [0.5, 0.6) is 0 Å². The fourth-order valence-corrected chi connectivity index (χ4v) is 1.65. The van der Waals surface area contributed by atoms with Crippen molar-refractivity contribution in [2.24, 2.45) is 12.5 Å². The summed E-state index contributed by atoms with van der Waals surface area (Å²) in [6.45, 7) is 6.73. The van der Waals surface area contributed by atoms with Gasteiger partial charge in [0.05, 0.1) is 12.8 Å². The smallest absolute Gasteiger partial charge is 0.412 e. The minimum atomic E-state index is -0.433. The van der Waals surface area contributed by atoms with Crippen molar-refractivity contribution in [1.82, 2.24) is 9.78 Å². The van der Waals surface area contributed by atoms with Crippen molar-refractivity contribution in [3.05, 3.63) is 12.3 Å². The number of rotatable bonds is 5. The van der Waals surface area contributed by atoms with E-state index in [0.717, 1.165) is 12.8 Å². The number of hydrogen-bond acceptors (Lipinski definition) is 3. The molecule has 0 spiro atoms. The van der Waals surface area contributed by atoms with E-state index < -0.39 is 6.09 Å². The highest BCUT2D eigenvalue weighted by Gasteiger charge is 2.19. The van der Waals surface area contributed by atoms with Crippen molar-refractivity contribution >= 4 is 11.9 Å². The van der Waals surface area contributed by atoms with Gasteiger partial charge in [0.15, 0.2) is 0 Å².